The molecule has 0 saturated heterocycles. The number of hydrogen-bond acceptors (Lipinski definition) is 3. The molecular weight excluding hydrogens is 230 g/mol. The molecule has 0 aliphatic carbocycles. The Morgan fingerprint density at radius 3 is 2.25 bits per heavy atom. The highest BCUT2D eigenvalue weighted by Gasteiger charge is 2.11. The molecule has 0 aromatic heterocycles. The maximum Gasteiger partial charge on any atom is 0.140 e. The van der Waals surface area contributed by atoms with Crippen LogP contribution < -0.4 is 5.73 Å². The number of halogens is 2. The molecule has 0 heterocycles. The molecule has 0 spiro atoms. The zero-order valence-electron chi connectivity index (χ0n) is 9.46. The highest BCUT2D eigenvalue weighted by atomic mass is 32.2. The van der Waals surface area contributed by atoms with Gasteiger partial charge >= 0.3 is 0 Å². The van der Waals surface area contributed by atoms with E-state index < -0.39 is 11.6 Å². The lowest BCUT2D eigenvalue weighted by molar-refractivity contribution is 0.437. The molecule has 0 amide bonds. The van der Waals surface area contributed by atoms with Crippen molar-refractivity contribution in [3.8, 4) is 0 Å². The lowest BCUT2D eigenvalue weighted by atomic mass is 10.2. The SMILES string of the molecule is CN(C)CCSc1c(F)cc(CN)cc1F. The van der Waals surface area contributed by atoms with Crippen molar-refractivity contribution in [3.05, 3.63) is 29.3 Å². The van der Waals surface area contributed by atoms with Gasteiger partial charge in [0.2, 0.25) is 0 Å². The molecular formula is C11H16F2N2S. The van der Waals surface area contributed by atoms with Crippen molar-refractivity contribution in [2.75, 3.05) is 26.4 Å². The number of hydrogen-bond donors (Lipinski definition) is 1. The first-order valence-electron chi connectivity index (χ1n) is 5.00. The molecule has 1 aromatic rings. The normalized spacial score (nSPS) is 11.1. The molecule has 0 aliphatic rings. The summed E-state index contributed by atoms with van der Waals surface area (Å²) in [5, 5.41) is 0. The highest BCUT2D eigenvalue weighted by molar-refractivity contribution is 7.99. The summed E-state index contributed by atoms with van der Waals surface area (Å²) in [5.41, 5.74) is 5.81. The second kappa shape index (κ2) is 6.18. The van der Waals surface area contributed by atoms with Gasteiger partial charge < -0.3 is 10.6 Å². The Morgan fingerprint density at radius 2 is 1.81 bits per heavy atom. The monoisotopic (exact) mass is 246 g/mol. The number of rotatable bonds is 5. The van der Waals surface area contributed by atoms with Crippen LogP contribution in [0.15, 0.2) is 17.0 Å². The van der Waals surface area contributed by atoms with Gasteiger partial charge in [0.25, 0.3) is 0 Å². The van der Waals surface area contributed by atoms with Gasteiger partial charge in [-0.2, -0.15) is 0 Å². The standard InChI is InChI=1S/C11H16F2N2S/c1-15(2)3-4-16-11-9(12)5-8(7-14)6-10(11)13/h5-6H,3-4,7,14H2,1-2H3. The van der Waals surface area contributed by atoms with Crippen molar-refractivity contribution in [1.82, 2.24) is 4.90 Å². The summed E-state index contributed by atoms with van der Waals surface area (Å²) in [6.07, 6.45) is 0. The average molecular weight is 246 g/mol. The minimum atomic E-state index is -0.524. The lowest BCUT2D eigenvalue weighted by Gasteiger charge is -2.10. The molecule has 0 atom stereocenters. The van der Waals surface area contributed by atoms with Crippen LogP contribution in [0.3, 0.4) is 0 Å². The fourth-order valence-corrected chi connectivity index (χ4v) is 2.25. The van der Waals surface area contributed by atoms with E-state index in [-0.39, 0.29) is 11.4 Å². The third-order valence-electron chi connectivity index (χ3n) is 2.08. The Kier molecular flexibility index (Phi) is 5.18. The maximum atomic E-state index is 13.5. The third kappa shape index (κ3) is 3.73. The fourth-order valence-electron chi connectivity index (χ4n) is 1.20. The van der Waals surface area contributed by atoms with Gasteiger partial charge in [0.1, 0.15) is 11.6 Å². The number of nitrogens with two attached hydrogens (primary N) is 1. The molecule has 0 bridgehead atoms. The molecule has 16 heavy (non-hydrogen) atoms. The molecule has 1 rings (SSSR count). The van der Waals surface area contributed by atoms with Gasteiger partial charge in [0, 0.05) is 18.8 Å². The summed E-state index contributed by atoms with van der Waals surface area (Å²) < 4.78 is 27.0. The van der Waals surface area contributed by atoms with Crippen LogP contribution in [0.4, 0.5) is 8.78 Å². The minimum absolute atomic E-state index is 0.0825. The molecule has 2 N–H and O–H groups in total. The summed E-state index contributed by atoms with van der Waals surface area (Å²) >= 11 is 1.19. The van der Waals surface area contributed by atoms with Gasteiger partial charge in [-0.1, -0.05) is 0 Å². The zero-order chi connectivity index (χ0) is 12.1. The Morgan fingerprint density at radius 1 is 1.25 bits per heavy atom. The van der Waals surface area contributed by atoms with E-state index in [1.54, 1.807) is 0 Å². The molecule has 2 nitrogen and oxygen atoms in total. The Bertz CT molecular complexity index is 333. The van der Waals surface area contributed by atoms with Crippen LogP contribution in [-0.2, 0) is 6.54 Å². The van der Waals surface area contributed by atoms with Gasteiger partial charge in [-0.25, -0.2) is 8.78 Å². The van der Waals surface area contributed by atoms with E-state index in [9.17, 15) is 8.78 Å². The van der Waals surface area contributed by atoms with E-state index >= 15 is 0 Å². The second-order valence-electron chi connectivity index (χ2n) is 3.74. The maximum absolute atomic E-state index is 13.5. The van der Waals surface area contributed by atoms with Crippen LogP contribution in [0.25, 0.3) is 0 Å². The van der Waals surface area contributed by atoms with E-state index in [0.717, 1.165) is 6.54 Å². The smallest absolute Gasteiger partial charge is 0.140 e. The molecule has 0 radical (unpaired) electrons. The van der Waals surface area contributed by atoms with Gasteiger partial charge in [-0.15, -0.1) is 11.8 Å². The highest BCUT2D eigenvalue weighted by Crippen LogP contribution is 2.26. The molecule has 0 saturated carbocycles. The van der Waals surface area contributed by atoms with Gasteiger partial charge in [-0.3, -0.25) is 0 Å². The molecule has 0 fully saturated rings. The van der Waals surface area contributed by atoms with Crippen molar-refractivity contribution in [3.63, 3.8) is 0 Å². The fraction of sp³-hybridized carbons (Fsp3) is 0.455. The van der Waals surface area contributed by atoms with Crippen LogP contribution in [0.2, 0.25) is 0 Å². The average Bonchev–Trinajstić information content (AvgIpc) is 2.21. The number of benzene rings is 1. The van der Waals surface area contributed by atoms with Gasteiger partial charge in [-0.05, 0) is 31.8 Å². The molecule has 0 unspecified atom stereocenters. The van der Waals surface area contributed by atoms with E-state index in [0.29, 0.717) is 11.3 Å². The van der Waals surface area contributed by atoms with Crippen LogP contribution in [-0.4, -0.2) is 31.3 Å². The Labute approximate surface area is 98.8 Å². The molecule has 5 heteroatoms. The van der Waals surface area contributed by atoms with Crippen LogP contribution in [0, 0.1) is 11.6 Å². The Hall–Kier alpha value is -0.650. The van der Waals surface area contributed by atoms with E-state index in [4.69, 9.17) is 5.73 Å². The van der Waals surface area contributed by atoms with Crippen molar-refractivity contribution in [2.24, 2.45) is 5.73 Å². The third-order valence-corrected chi connectivity index (χ3v) is 3.14. The van der Waals surface area contributed by atoms with Crippen molar-refractivity contribution in [1.29, 1.82) is 0 Å². The second-order valence-corrected chi connectivity index (χ2v) is 4.85. The number of thioether (sulfide) groups is 1. The first-order valence-corrected chi connectivity index (χ1v) is 5.98. The topological polar surface area (TPSA) is 29.3 Å². The molecule has 90 valence electrons. The predicted octanol–water partition coefficient (Wildman–Crippen LogP) is 2.08. The molecule has 1 aromatic carbocycles. The van der Waals surface area contributed by atoms with E-state index in [2.05, 4.69) is 0 Å². The van der Waals surface area contributed by atoms with Crippen LogP contribution in [0.1, 0.15) is 5.56 Å². The van der Waals surface area contributed by atoms with E-state index in [1.165, 1.54) is 23.9 Å². The minimum Gasteiger partial charge on any atom is -0.326 e. The Balaban J connectivity index is 2.72. The summed E-state index contributed by atoms with van der Waals surface area (Å²) in [5.74, 6) is -0.392. The summed E-state index contributed by atoms with van der Waals surface area (Å²) in [4.78, 5) is 2.05. The van der Waals surface area contributed by atoms with Gasteiger partial charge in [0.05, 0.1) is 4.90 Å². The van der Waals surface area contributed by atoms with Crippen LogP contribution in [0.5, 0.6) is 0 Å². The van der Waals surface area contributed by atoms with E-state index in [1.807, 2.05) is 19.0 Å². The lowest BCUT2D eigenvalue weighted by Crippen LogP contribution is -2.15. The van der Waals surface area contributed by atoms with Gasteiger partial charge in [0.15, 0.2) is 0 Å². The predicted molar refractivity (Wildman–Crippen MR) is 63.5 cm³/mol. The summed E-state index contributed by atoms with van der Waals surface area (Å²) in [7, 11) is 3.84. The van der Waals surface area contributed by atoms with Crippen LogP contribution >= 0.6 is 11.8 Å². The first kappa shape index (κ1) is 13.4. The first-order chi connectivity index (χ1) is 7.54. The summed E-state index contributed by atoms with van der Waals surface area (Å²) in [6.45, 7) is 0.929. The quantitative estimate of drug-likeness (QED) is 0.807. The van der Waals surface area contributed by atoms with Crippen molar-refractivity contribution in [2.45, 2.75) is 11.4 Å². The largest absolute Gasteiger partial charge is 0.326 e. The van der Waals surface area contributed by atoms with Crippen molar-refractivity contribution >= 4 is 11.8 Å². The van der Waals surface area contributed by atoms with Crippen molar-refractivity contribution < 1.29 is 8.78 Å². The number of nitrogens with zero attached hydrogens (tertiary/aromatic N) is 1. The molecule has 0 aliphatic heterocycles. The summed E-state index contributed by atoms with van der Waals surface area (Å²) in [6, 6.07) is 2.59. The zero-order valence-corrected chi connectivity index (χ0v) is 10.3.